The third kappa shape index (κ3) is 8.93. The van der Waals surface area contributed by atoms with Crippen LogP contribution in [-0.2, 0) is 28.4 Å². The van der Waals surface area contributed by atoms with Gasteiger partial charge in [0, 0.05) is 10.8 Å². The number of aliphatic hydroxyl groups is 12. The zero-order valence-corrected chi connectivity index (χ0v) is 39.6. The molecule has 3 saturated heterocycles. The summed E-state index contributed by atoms with van der Waals surface area (Å²) in [6.45, 7) is 13.8. The summed E-state index contributed by atoms with van der Waals surface area (Å²) in [4.78, 5) is 0. The van der Waals surface area contributed by atoms with Crippen molar-refractivity contribution in [2.24, 2.45) is 45.3 Å². The Kier molecular flexibility index (Phi) is 16.0. The van der Waals surface area contributed by atoms with Gasteiger partial charge in [-0.25, -0.2) is 0 Å². The number of fused-ring (bicyclic) bond motifs is 5. The SMILES string of the molecule is C/C(=C/CC[C@@H](C)[C@H]1CC[C@@]2(C)[C@@H]3CC=C4[C@@H](CC[C@H](O[C@@H]5O[C@H](CO)[C@@H](O)[C@H](O)[C@H]5O)C4(C)C)[C@]3(C)[C@H](O)C[C@]12C)CO[C@@H]1O[C@H](CO)[C@@H](O)[C@H](O)[C@H]1O[C@@H]1O[C@H](CO)[C@@H](O)[C@H](O)[C@H]1O. The van der Waals surface area contributed by atoms with Crippen LogP contribution in [0.2, 0.25) is 0 Å². The second-order valence-corrected chi connectivity index (χ2v) is 22.1. The van der Waals surface area contributed by atoms with E-state index < -0.39 is 123 Å². The van der Waals surface area contributed by atoms with E-state index >= 15 is 0 Å². The van der Waals surface area contributed by atoms with Gasteiger partial charge in [0.15, 0.2) is 18.9 Å². The Hall–Kier alpha value is -1.24. The molecule has 0 amide bonds. The van der Waals surface area contributed by atoms with Gasteiger partial charge < -0.3 is 89.7 Å². The van der Waals surface area contributed by atoms with E-state index in [1.165, 1.54) is 5.57 Å². The third-order valence-electron chi connectivity index (χ3n) is 18.3. The van der Waals surface area contributed by atoms with Crippen molar-refractivity contribution in [2.75, 3.05) is 26.4 Å². The van der Waals surface area contributed by atoms with Crippen LogP contribution < -0.4 is 0 Å². The largest absolute Gasteiger partial charge is 0.394 e. The first-order valence-electron chi connectivity index (χ1n) is 24.2. The van der Waals surface area contributed by atoms with Crippen LogP contribution in [0.1, 0.15) is 99.8 Å². The molecule has 0 bridgehead atoms. The van der Waals surface area contributed by atoms with Gasteiger partial charge in [0.25, 0.3) is 0 Å². The standard InChI is InChI=1S/C48H80O18/c1-22(21-61-44-41(38(58)35(55)29(20-51)64-44)66-43-40(60)37(57)34(54)28(19-50)63-43)9-8-10-23(2)24-15-16-46(5)30-13-11-25-26(48(30,7)31(52)17-47(24,46)6)12-14-32(45(25,3)4)65-42-39(59)36(56)33(53)27(18-49)62-42/h9,11,23-24,26-44,49-60H,8,10,12-21H2,1-7H3/b22-9-/t23-,24-,26-,27-,28-,29-,30+,31-,32+,33-,34-,35-,36+,37+,38+,39-,40-,41-,42+,43+,44-,46+,47-,48+/m1/s1. The fourth-order valence-corrected chi connectivity index (χ4v) is 14.0. The van der Waals surface area contributed by atoms with E-state index in [2.05, 4.69) is 53.7 Å². The molecule has 66 heavy (non-hydrogen) atoms. The van der Waals surface area contributed by atoms with Crippen molar-refractivity contribution in [3.8, 4) is 0 Å². The summed E-state index contributed by atoms with van der Waals surface area (Å²) in [6.07, 6.45) is -11.8. The maximum atomic E-state index is 12.5. The third-order valence-corrected chi connectivity index (χ3v) is 18.3. The first kappa shape index (κ1) is 52.6. The van der Waals surface area contributed by atoms with E-state index in [0.29, 0.717) is 24.7 Å². The molecule has 0 radical (unpaired) electrons. The minimum Gasteiger partial charge on any atom is -0.394 e. The highest BCUT2D eigenvalue weighted by molar-refractivity contribution is 5.32. The Morgan fingerprint density at radius 3 is 1.82 bits per heavy atom. The number of aliphatic hydroxyl groups excluding tert-OH is 12. The van der Waals surface area contributed by atoms with Crippen molar-refractivity contribution in [1.29, 1.82) is 0 Å². The minimum absolute atomic E-state index is 0.0336. The van der Waals surface area contributed by atoms with Crippen molar-refractivity contribution in [2.45, 2.75) is 204 Å². The molecule has 3 saturated carbocycles. The van der Waals surface area contributed by atoms with E-state index in [4.69, 9.17) is 28.4 Å². The smallest absolute Gasteiger partial charge is 0.187 e. The lowest BCUT2D eigenvalue weighted by Gasteiger charge is -2.67. The highest BCUT2D eigenvalue weighted by Gasteiger charge is 2.70. The van der Waals surface area contributed by atoms with Crippen LogP contribution in [0, 0.1) is 45.3 Å². The molecule has 12 N–H and O–H groups in total. The van der Waals surface area contributed by atoms with Gasteiger partial charge in [0.05, 0.1) is 38.6 Å². The predicted octanol–water partition coefficient (Wildman–Crippen LogP) is -0.249. The number of rotatable bonds is 14. The Morgan fingerprint density at radius 2 is 1.24 bits per heavy atom. The Morgan fingerprint density at radius 1 is 0.697 bits per heavy atom. The summed E-state index contributed by atoms with van der Waals surface area (Å²) in [6, 6.07) is 0. The molecule has 0 spiro atoms. The summed E-state index contributed by atoms with van der Waals surface area (Å²) < 4.78 is 35.3. The van der Waals surface area contributed by atoms with E-state index in [9.17, 15) is 61.3 Å². The first-order chi connectivity index (χ1) is 31.0. The zero-order chi connectivity index (χ0) is 48.4. The molecule has 4 aliphatic carbocycles. The van der Waals surface area contributed by atoms with Gasteiger partial charge >= 0.3 is 0 Å². The van der Waals surface area contributed by atoms with Gasteiger partial charge in [0.1, 0.15) is 73.2 Å². The van der Waals surface area contributed by atoms with Crippen molar-refractivity contribution >= 4 is 0 Å². The van der Waals surface area contributed by atoms with Crippen LogP contribution >= 0.6 is 0 Å². The summed E-state index contributed by atoms with van der Waals surface area (Å²) in [5.74, 6) is 1.06. The zero-order valence-electron chi connectivity index (χ0n) is 39.6. The van der Waals surface area contributed by atoms with Crippen LogP contribution in [0.25, 0.3) is 0 Å². The number of hydrogen-bond acceptors (Lipinski definition) is 18. The minimum atomic E-state index is -1.77. The van der Waals surface area contributed by atoms with Gasteiger partial charge in [-0.05, 0) is 92.8 Å². The van der Waals surface area contributed by atoms with E-state index in [1.807, 2.05) is 6.92 Å². The fourth-order valence-electron chi connectivity index (χ4n) is 14.0. The van der Waals surface area contributed by atoms with Crippen molar-refractivity contribution in [1.82, 2.24) is 0 Å². The molecule has 18 nitrogen and oxygen atoms in total. The molecular weight excluding hydrogens is 865 g/mol. The maximum Gasteiger partial charge on any atom is 0.187 e. The molecule has 7 rings (SSSR count). The fraction of sp³-hybridized carbons (Fsp3) is 0.917. The molecular formula is C48H80O18. The maximum absolute atomic E-state index is 12.5. The summed E-state index contributed by atoms with van der Waals surface area (Å²) in [5.41, 5.74) is 1.06. The second-order valence-electron chi connectivity index (χ2n) is 22.1. The van der Waals surface area contributed by atoms with Crippen molar-refractivity contribution < 1.29 is 89.7 Å². The molecule has 0 aromatic rings. The van der Waals surface area contributed by atoms with Crippen LogP contribution in [0.5, 0.6) is 0 Å². The number of hydrogen-bond donors (Lipinski definition) is 12. The van der Waals surface area contributed by atoms with Gasteiger partial charge in [-0.15, -0.1) is 0 Å². The average molecular weight is 945 g/mol. The highest BCUT2D eigenvalue weighted by Crippen LogP contribution is 2.75. The van der Waals surface area contributed by atoms with Crippen LogP contribution in [0.3, 0.4) is 0 Å². The first-order valence-corrected chi connectivity index (χ1v) is 24.2. The monoisotopic (exact) mass is 945 g/mol. The molecule has 3 aliphatic heterocycles. The topological polar surface area (TPSA) is 298 Å². The van der Waals surface area contributed by atoms with Crippen LogP contribution in [-0.4, -0.2) is 192 Å². The molecule has 380 valence electrons. The van der Waals surface area contributed by atoms with Crippen LogP contribution in [0.15, 0.2) is 23.3 Å². The van der Waals surface area contributed by atoms with Crippen molar-refractivity contribution in [3.05, 3.63) is 23.3 Å². The molecule has 0 unspecified atom stereocenters. The quantitative estimate of drug-likeness (QED) is 0.100. The number of allylic oxidation sites excluding steroid dienone is 2. The Labute approximate surface area is 388 Å². The van der Waals surface area contributed by atoms with Crippen molar-refractivity contribution in [3.63, 3.8) is 0 Å². The van der Waals surface area contributed by atoms with Gasteiger partial charge in [-0.2, -0.15) is 0 Å². The molecule has 0 aromatic carbocycles. The summed E-state index contributed by atoms with van der Waals surface area (Å²) in [7, 11) is 0. The van der Waals surface area contributed by atoms with E-state index in [-0.39, 0.29) is 40.8 Å². The summed E-state index contributed by atoms with van der Waals surface area (Å²) >= 11 is 0. The molecule has 7 aliphatic rings. The molecule has 18 heteroatoms. The Bertz CT molecular complexity index is 1710. The second kappa shape index (κ2) is 20.1. The van der Waals surface area contributed by atoms with Gasteiger partial charge in [-0.1, -0.05) is 64.8 Å². The molecule has 6 fully saturated rings. The number of ether oxygens (including phenoxy) is 6. The molecule has 24 atom stereocenters. The average Bonchev–Trinajstić information content (AvgIpc) is 3.55. The molecule has 3 heterocycles. The lowest BCUT2D eigenvalue weighted by atomic mass is 9.38. The van der Waals surface area contributed by atoms with Gasteiger partial charge in [0.2, 0.25) is 0 Å². The van der Waals surface area contributed by atoms with Crippen LogP contribution in [0.4, 0.5) is 0 Å². The van der Waals surface area contributed by atoms with E-state index in [0.717, 1.165) is 44.1 Å². The Balaban J connectivity index is 0.984. The predicted molar refractivity (Wildman–Crippen MR) is 234 cm³/mol. The van der Waals surface area contributed by atoms with E-state index in [1.54, 1.807) is 0 Å². The highest BCUT2D eigenvalue weighted by atomic mass is 16.8. The van der Waals surface area contributed by atoms with Gasteiger partial charge in [-0.3, -0.25) is 0 Å². The lowest BCUT2D eigenvalue weighted by Crippen LogP contribution is -2.65. The summed E-state index contributed by atoms with van der Waals surface area (Å²) in [5, 5.41) is 126. The normalized spacial score (nSPS) is 51.1. The lowest BCUT2D eigenvalue weighted by molar-refractivity contribution is -0.366. The molecule has 0 aromatic heterocycles.